The lowest BCUT2D eigenvalue weighted by atomic mass is 9.89. The average Bonchev–Trinajstić information content (AvgIpc) is 3.65. The molecule has 1 aromatic carbocycles. The van der Waals surface area contributed by atoms with Gasteiger partial charge < -0.3 is 26.0 Å². The Morgan fingerprint density at radius 1 is 1.34 bits per heavy atom. The van der Waals surface area contributed by atoms with Gasteiger partial charge >= 0.3 is 5.97 Å². The van der Waals surface area contributed by atoms with E-state index in [0.29, 0.717) is 11.3 Å². The van der Waals surface area contributed by atoms with E-state index in [1.54, 1.807) is 17.8 Å². The van der Waals surface area contributed by atoms with Gasteiger partial charge in [0.2, 0.25) is 5.91 Å². The molecule has 0 unspecified atom stereocenters. The predicted octanol–water partition coefficient (Wildman–Crippen LogP) is 2.97. The van der Waals surface area contributed by atoms with Crippen molar-refractivity contribution in [2.24, 2.45) is 16.8 Å². The van der Waals surface area contributed by atoms with E-state index in [2.05, 4.69) is 10.1 Å². The fourth-order valence-electron chi connectivity index (χ4n) is 5.69. The maximum absolute atomic E-state index is 14.8. The summed E-state index contributed by atoms with van der Waals surface area (Å²) in [6, 6.07) is 6.31. The zero-order chi connectivity index (χ0) is 33.6. The lowest BCUT2D eigenvalue weighted by Gasteiger charge is -2.49. The molecule has 0 radical (unpaired) electrons. The van der Waals surface area contributed by atoms with Crippen LogP contribution in [0.2, 0.25) is 5.02 Å². The number of anilines is 1. The molecule has 1 amide bonds. The van der Waals surface area contributed by atoms with Crippen molar-refractivity contribution in [3.05, 3.63) is 87.2 Å². The number of nitrogens with zero attached hydrogens (tertiary/aromatic N) is 5. The Balaban J connectivity index is 1.19. The first-order valence-corrected chi connectivity index (χ1v) is 16.3. The second-order valence-corrected chi connectivity index (χ2v) is 13.2. The standard InChI is InChI=1S/C30H26ClFN8O5S2/c1-45-37-24(21-13-47-30(35)36-21)23(41)8-17-27(42)40-25(29(43)44)16(12-46-28(17)40)10-38-4-3-22-14(9-38)2-5-39(22)11-18-19(31)6-15(26(33)34)7-20(18)32/h2-7,9,13,17,28H,8,10-12H2,1H3,(H5-,33,34,35,36,43,44)/p+1/b37-24-/t17-,28-/m1/s1. The quantitative estimate of drug-likeness (QED) is 0.0599. The van der Waals surface area contributed by atoms with Crippen LogP contribution in [-0.4, -0.2) is 67.0 Å². The van der Waals surface area contributed by atoms with Crippen molar-refractivity contribution in [1.82, 2.24) is 14.5 Å². The van der Waals surface area contributed by atoms with Crippen molar-refractivity contribution in [2.45, 2.75) is 24.9 Å². The van der Waals surface area contributed by atoms with Gasteiger partial charge in [-0.05, 0) is 18.2 Å². The van der Waals surface area contributed by atoms with E-state index in [4.69, 9.17) is 33.3 Å². The van der Waals surface area contributed by atoms with Gasteiger partial charge in [-0.1, -0.05) is 16.8 Å². The van der Waals surface area contributed by atoms with Crippen molar-refractivity contribution in [1.29, 1.82) is 5.41 Å². The average molecular weight is 698 g/mol. The number of benzene rings is 1. The number of carboxylic acids is 1. The first-order chi connectivity index (χ1) is 22.5. The van der Waals surface area contributed by atoms with E-state index in [9.17, 15) is 23.9 Å². The number of thiazole rings is 1. The van der Waals surface area contributed by atoms with Crippen LogP contribution in [-0.2, 0) is 32.3 Å². The topological polar surface area (TPSA) is 194 Å². The number of β-lactam (4-membered cyclic amide) rings is 1. The molecule has 1 fully saturated rings. The maximum Gasteiger partial charge on any atom is 0.352 e. The number of rotatable bonds is 11. The van der Waals surface area contributed by atoms with Gasteiger partial charge in [-0.15, -0.1) is 23.1 Å². The van der Waals surface area contributed by atoms with Crippen molar-refractivity contribution < 1.29 is 33.3 Å². The first-order valence-electron chi connectivity index (χ1n) is 14.0. The molecule has 0 spiro atoms. The normalized spacial score (nSPS) is 17.9. The second-order valence-electron chi connectivity index (χ2n) is 10.8. The maximum atomic E-state index is 14.8. The number of carbonyl (C=O) groups is 3. The Bertz CT molecular complexity index is 2020. The highest BCUT2D eigenvalue weighted by Crippen LogP contribution is 2.45. The summed E-state index contributed by atoms with van der Waals surface area (Å²) in [7, 11) is 1.29. The van der Waals surface area contributed by atoms with Crippen molar-refractivity contribution >= 4 is 79.9 Å². The summed E-state index contributed by atoms with van der Waals surface area (Å²) in [4.78, 5) is 49.0. The molecule has 3 aromatic heterocycles. The number of halogens is 2. The van der Waals surface area contributed by atoms with Crippen LogP contribution in [0, 0.1) is 17.1 Å². The SMILES string of the molecule is CO/N=C(\C(=O)C[C@@H]1C(=O)N2C(C(=O)O)=C(C[n+]3ccc4c(ccn4Cc4c(F)cc(C(=N)N)cc4Cl)c3)CS[C@H]12)c1csc(N)n1. The van der Waals surface area contributed by atoms with Crippen LogP contribution in [0.25, 0.3) is 10.9 Å². The molecule has 0 aliphatic carbocycles. The number of nitrogen functional groups attached to an aromatic ring is 2. The summed E-state index contributed by atoms with van der Waals surface area (Å²) in [6.45, 7) is 0.346. The minimum Gasteiger partial charge on any atom is -0.477 e. The number of oxime groups is 1. The number of amides is 1. The molecule has 2 aliphatic heterocycles. The van der Waals surface area contributed by atoms with Crippen LogP contribution in [0.1, 0.15) is 23.2 Å². The van der Waals surface area contributed by atoms with Gasteiger partial charge in [-0.25, -0.2) is 18.7 Å². The van der Waals surface area contributed by atoms with Gasteiger partial charge in [0, 0.05) is 51.5 Å². The largest absolute Gasteiger partial charge is 0.477 e. The Morgan fingerprint density at radius 3 is 2.79 bits per heavy atom. The van der Waals surface area contributed by atoms with Gasteiger partial charge in [-0.2, -0.15) is 0 Å². The molecule has 242 valence electrons. The van der Waals surface area contributed by atoms with Gasteiger partial charge in [0.25, 0.3) is 0 Å². The summed E-state index contributed by atoms with van der Waals surface area (Å²) in [5.41, 5.74) is 13.1. The van der Waals surface area contributed by atoms with E-state index < -0.39 is 34.8 Å². The van der Waals surface area contributed by atoms with E-state index in [1.807, 2.05) is 27.5 Å². The van der Waals surface area contributed by atoms with Gasteiger partial charge in [0.05, 0.1) is 28.7 Å². The molecular formula is C30H27ClFN8O5S2+. The number of amidine groups is 1. The molecule has 17 heteroatoms. The summed E-state index contributed by atoms with van der Waals surface area (Å²) in [5.74, 6) is -3.40. The lowest BCUT2D eigenvalue weighted by Crippen LogP contribution is -2.62. The molecule has 2 aliphatic rings. The molecule has 13 nitrogen and oxygen atoms in total. The smallest absolute Gasteiger partial charge is 0.352 e. The highest BCUT2D eigenvalue weighted by atomic mass is 35.5. The zero-order valence-corrected chi connectivity index (χ0v) is 27.0. The molecule has 1 saturated heterocycles. The number of carboxylic acid groups (broad SMARTS) is 1. The molecule has 6 rings (SSSR count). The van der Waals surface area contributed by atoms with Crippen molar-refractivity contribution in [2.75, 3.05) is 18.6 Å². The van der Waals surface area contributed by atoms with E-state index in [1.165, 1.54) is 35.9 Å². The third kappa shape index (κ3) is 6.06. The van der Waals surface area contributed by atoms with Gasteiger partial charge in [0.1, 0.15) is 30.2 Å². The molecular weight excluding hydrogens is 671 g/mol. The number of hydrogen-bond acceptors (Lipinski definition) is 10. The number of ketones is 1. The van der Waals surface area contributed by atoms with E-state index in [-0.39, 0.29) is 63.7 Å². The second kappa shape index (κ2) is 12.8. The summed E-state index contributed by atoms with van der Waals surface area (Å²) < 4.78 is 18.5. The molecule has 2 atom stereocenters. The van der Waals surface area contributed by atoms with Crippen LogP contribution in [0.3, 0.4) is 0 Å². The fraction of sp³-hybridized carbons (Fsp3) is 0.233. The zero-order valence-electron chi connectivity index (χ0n) is 24.6. The molecule has 0 bridgehead atoms. The number of pyridine rings is 1. The van der Waals surface area contributed by atoms with Crippen LogP contribution in [0.5, 0.6) is 0 Å². The third-order valence-corrected chi connectivity index (χ3v) is 10.3. The number of aromatic nitrogens is 3. The first kappa shape index (κ1) is 32.2. The van der Waals surface area contributed by atoms with E-state index >= 15 is 0 Å². The number of fused-ring (bicyclic) bond motifs is 2. The number of hydrogen-bond donors (Lipinski definition) is 4. The van der Waals surface area contributed by atoms with Crippen LogP contribution in [0.15, 0.2) is 64.7 Å². The van der Waals surface area contributed by atoms with Crippen LogP contribution < -0.4 is 16.0 Å². The monoisotopic (exact) mass is 697 g/mol. The minimum absolute atomic E-state index is 0.0538. The number of Topliss-reactive ketones (excluding diaryl/α,β-unsaturated/α-hetero) is 1. The Labute approximate surface area is 279 Å². The van der Waals surface area contributed by atoms with Crippen molar-refractivity contribution in [3.8, 4) is 0 Å². The summed E-state index contributed by atoms with van der Waals surface area (Å²) >= 11 is 8.85. The highest BCUT2D eigenvalue weighted by Gasteiger charge is 2.54. The number of aliphatic carboxylic acids is 1. The summed E-state index contributed by atoms with van der Waals surface area (Å²) in [5, 5.41) is 23.8. The summed E-state index contributed by atoms with van der Waals surface area (Å²) in [6.07, 6.45) is 5.22. The Kier molecular flexibility index (Phi) is 8.74. The highest BCUT2D eigenvalue weighted by molar-refractivity contribution is 8.00. The van der Waals surface area contributed by atoms with Gasteiger partial charge in [0.15, 0.2) is 35.6 Å². The molecule has 0 saturated carbocycles. The Hall–Kier alpha value is -4.80. The van der Waals surface area contributed by atoms with Gasteiger partial charge in [-0.3, -0.25) is 19.9 Å². The number of thioether (sulfide) groups is 1. The number of carbonyl (C=O) groups excluding carboxylic acids is 2. The minimum atomic E-state index is -1.23. The van der Waals surface area contributed by atoms with E-state index in [0.717, 1.165) is 22.2 Å². The number of nitrogens with one attached hydrogen (secondary N) is 1. The van der Waals surface area contributed by atoms with Crippen LogP contribution in [0.4, 0.5) is 9.52 Å². The van der Waals surface area contributed by atoms with Crippen molar-refractivity contribution in [3.63, 3.8) is 0 Å². The molecule has 5 heterocycles. The fourth-order valence-corrected chi connectivity index (χ4v) is 7.91. The Morgan fingerprint density at radius 2 is 2.13 bits per heavy atom. The predicted molar refractivity (Wildman–Crippen MR) is 175 cm³/mol. The lowest BCUT2D eigenvalue weighted by molar-refractivity contribution is -0.687. The third-order valence-electron chi connectivity index (χ3n) is 7.90. The molecule has 47 heavy (non-hydrogen) atoms. The number of nitrogens with two attached hydrogens (primary N) is 2. The molecule has 4 aromatic rings. The molecule has 6 N–H and O–H groups in total. The van der Waals surface area contributed by atoms with Crippen LogP contribution >= 0.6 is 34.7 Å².